The normalized spacial score (nSPS) is 19.0. The van der Waals surface area contributed by atoms with Crippen molar-refractivity contribution >= 4 is 26.9 Å². The fraction of sp³-hybridized carbons (Fsp3) is 0.400. The average Bonchev–Trinajstić information content (AvgIpc) is 3.01. The van der Waals surface area contributed by atoms with Gasteiger partial charge in [-0.2, -0.15) is 8.78 Å². The highest BCUT2D eigenvalue weighted by Crippen LogP contribution is 2.33. The number of morpholine rings is 1. The first kappa shape index (κ1) is 17.2. The number of rotatable bonds is 4. The second-order valence-corrected chi connectivity index (χ2v) is 8.18. The highest BCUT2D eigenvalue weighted by atomic mass is 32.2. The second-order valence-electron chi connectivity index (χ2n) is 5.41. The Labute approximate surface area is 142 Å². The van der Waals surface area contributed by atoms with E-state index in [1.54, 1.807) is 17.0 Å². The number of para-hydroxylation sites is 1. The van der Waals surface area contributed by atoms with Crippen LogP contribution in [0.2, 0.25) is 0 Å². The van der Waals surface area contributed by atoms with Gasteiger partial charge in [-0.1, -0.05) is 12.1 Å². The van der Waals surface area contributed by atoms with Gasteiger partial charge in [-0.3, -0.25) is 0 Å². The second kappa shape index (κ2) is 6.73. The summed E-state index contributed by atoms with van der Waals surface area (Å²) in [6.45, 7) is 3.04. The lowest BCUT2D eigenvalue weighted by molar-refractivity contribution is 0.0394. The van der Waals surface area contributed by atoms with Crippen molar-refractivity contribution in [3.05, 3.63) is 40.3 Å². The summed E-state index contributed by atoms with van der Waals surface area (Å²) in [4.78, 5) is 5.80. The molecule has 3 rings (SSSR count). The molecule has 5 nitrogen and oxygen atoms in total. The molecule has 9 heteroatoms. The van der Waals surface area contributed by atoms with Gasteiger partial charge in [0, 0.05) is 17.6 Å². The van der Waals surface area contributed by atoms with Crippen LogP contribution in [0.1, 0.15) is 16.8 Å². The highest BCUT2D eigenvalue weighted by Gasteiger charge is 2.32. The van der Waals surface area contributed by atoms with Crippen molar-refractivity contribution in [3.8, 4) is 0 Å². The molecule has 1 aromatic heterocycles. The number of ether oxygens (including phenoxy) is 1. The molecule has 0 amide bonds. The molecule has 1 fully saturated rings. The number of aromatic nitrogens is 1. The molecule has 0 saturated carbocycles. The van der Waals surface area contributed by atoms with Gasteiger partial charge >= 0.3 is 5.76 Å². The number of hydrogen-bond acceptors (Lipinski definition) is 6. The number of thiazole rings is 1. The van der Waals surface area contributed by atoms with Crippen molar-refractivity contribution in [2.24, 2.45) is 0 Å². The summed E-state index contributed by atoms with van der Waals surface area (Å²) in [5.74, 6) is -3.45. The lowest BCUT2D eigenvalue weighted by atomic mass is 10.2. The van der Waals surface area contributed by atoms with E-state index in [1.165, 1.54) is 23.5 Å². The summed E-state index contributed by atoms with van der Waals surface area (Å²) in [5.41, 5.74) is 1.16. The van der Waals surface area contributed by atoms with Gasteiger partial charge in [0.15, 0.2) is 0 Å². The third-order valence-electron chi connectivity index (χ3n) is 3.73. The molecule has 2 heterocycles. The number of hydrogen-bond donors (Lipinski definition) is 0. The Morgan fingerprint density at radius 3 is 2.79 bits per heavy atom. The minimum absolute atomic E-state index is 0.277. The largest absolute Gasteiger partial charge is 0.367 e. The standard InChI is InChI=1S/C15H16F2N2O3S2/c1-10-9-23-14(18-10)12-8-19(6-7-22-12)11-4-2-3-5-13(11)24(20,21)15(16)17/h2-5,9,12,15H,6-8H2,1H3. The number of halogens is 2. The number of nitrogens with zero attached hydrogens (tertiary/aromatic N) is 2. The number of aryl methyl sites for hydroxylation is 1. The first-order valence-corrected chi connectivity index (χ1v) is 9.72. The minimum Gasteiger partial charge on any atom is -0.367 e. The van der Waals surface area contributed by atoms with Crippen LogP contribution in [0.15, 0.2) is 34.5 Å². The molecule has 1 unspecified atom stereocenters. The van der Waals surface area contributed by atoms with Gasteiger partial charge in [0.05, 0.1) is 23.7 Å². The van der Waals surface area contributed by atoms with Crippen LogP contribution >= 0.6 is 11.3 Å². The van der Waals surface area contributed by atoms with Crippen LogP contribution in [0.5, 0.6) is 0 Å². The Hall–Kier alpha value is -1.58. The Kier molecular flexibility index (Phi) is 4.84. The molecular formula is C15H16F2N2O3S2. The summed E-state index contributed by atoms with van der Waals surface area (Å²) in [7, 11) is -4.66. The Balaban J connectivity index is 1.92. The zero-order valence-corrected chi connectivity index (χ0v) is 14.5. The number of anilines is 1. The maximum absolute atomic E-state index is 13.0. The Morgan fingerprint density at radius 2 is 2.12 bits per heavy atom. The van der Waals surface area contributed by atoms with E-state index in [0.29, 0.717) is 19.7 Å². The van der Waals surface area contributed by atoms with Gasteiger partial charge in [0.25, 0.3) is 0 Å². The van der Waals surface area contributed by atoms with E-state index in [4.69, 9.17) is 4.74 Å². The molecule has 0 radical (unpaired) electrons. The van der Waals surface area contributed by atoms with Crippen molar-refractivity contribution in [2.75, 3.05) is 24.6 Å². The van der Waals surface area contributed by atoms with E-state index in [9.17, 15) is 17.2 Å². The van der Waals surface area contributed by atoms with Gasteiger partial charge < -0.3 is 9.64 Å². The van der Waals surface area contributed by atoms with E-state index in [0.717, 1.165) is 10.7 Å². The van der Waals surface area contributed by atoms with Crippen molar-refractivity contribution in [1.82, 2.24) is 4.98 Å². The molecule has 2 aromatic rings. The van der Waals surface area contributed by atoms with Gasteiger partial charge in [-0.25, -0.2) is 13.4 Å². The Morgan fingerprint density at radius 1 is 1.38 bits per heavy atom. The quantitative estimate of drug-likeness (QED) is 0.823. The van der Waals surface area contributed by atoms with Crippen LogP contribution in [0.4, 0.5) is 14.5 Å². The van der Waals surface area contributed by atoms with E-state index in [2.05, 4.69) is 4.98 Å². The number of benzene rings is 1. The molecule has 1 aromatic carbocycles. The zero-order chi connectivity index (χ0) is 17.3. The highest BCUT2D eigenvalue weighted by molar-refractivity contribution is 7.91. The van der Waals surface area contributed by atoms with Crippen molar-refractivity contribution < 1.29 is 21.9 Å². The minimum atomic E-state index is -4.66. The topological polar surface area (TPSA) is 59.5 Å². The third-order valence-corrected chi connectivity index (χ3v) is 6.21. The maximum atomic E-state index is 13.0. The molecule has 1 saturated heterocycles. The molecule has 130 valence electrons. The molecule has 24 heavy (non-hydrogen) atoms. The van der Waals surface area contributed by atoms with E-state index in [1.807, 2.05) is 12.3 Å². The summed E-state index contributed by atoms with van der Waals surface area (Å²) in [6, 6.07) is 5.85. The summed E-state index contributed by atoms with van der Waals surface area (Å²) < 4.78 is 55.5. The average molecular weight is 374 g/mol. The summed E-state index contributed by atoms with van der Waals surface area (Å²) in [5, 5.41) is 2.71. The summed E-state index contributed by atoms with van der Waals surface area (Å²) >= 11 is 1.47. The van der Waals surface area contributed by atoms with Crippen LogP contribution in [-0.4, -0.2) is 38.9 Å². The zero-order valence-electron chi connectivity index (χ0n) is 12.9. The lowest BCUT2D eigenvalue weighted by Gasteiger charge is -2.34. The number of alkyl halides is 2. The molecular weight excluding hydrogens is 358 g/mol. The molecule has 1 aliphatic rings. The maximum Gasteiger partial charge on any atom is 0.341 e. The third kappa shape index (κ3) is 3.28. The van der Waals surface area contributed by atoms with Gasteiger partial charge in [-0.05, 0) is 19.1 Å². The molecule has 0 N–H and O–H groups in total. The van der Waals surface area contributed by atoms with Crippen LogP contribution < -0.4 is 4.90 Å². The molecule has 0 spiro atoms. The monoisotopic (exact) mass is 374 g/mol. The van der Waals surface area contributed by atoms with Gasteiger partial charge in [0.1, 0.15) is 11.1 Å². The van der Waals surface area contributed by atoms with Crippen LogP contribution in [0.3, 0.4) is 0 Å². The predicted octanol–water partition coefficient (Wildman–Crippen LogP) is 3.03. The van der Waals surface area contributed by atoms with Crippen LogP contribution in [0.25, 0.3) is 0 Å². The predicted molar refractivity (Wildman–Crippen MR) is 87.4 cm³/mol. The lowest BCUT2D eigenvalue weighted by Crippen LogP contribution is -2.39. The first-order valence-electron chi connectivity index (χ1n) is 7.29. The van der Waals surface area contributed by atoms with Crippen molar-refractivity contribution in [1.29, 1.82) is 0 Å². The van der Waals surface area contributed by atoms with E-state index < -0.39 is 15.6 Å². The fourth-order valence-corrected chi connectivity index (χ4v) is 4.38. The van der Waals surface area contributed by atoms with Crippen molar-refractivity contribution in [2.45, 2.75) is 23.7 Å². The van der Waals surface area contributed by atoms with Gasteiger partial charge in [-0.15, -0.1) is 11.3 Å². The molecule has 1 aliphatic heterocycles. The summed E-state index contributed by atoms with van der Waals surface area (Å²) in [6.07, 6.45) is -0.306. The molecule has 0 aliphatic carbocycles. The molecule has 1 atom stereocenters. The van der Waals surface area contributed by atoms with Crippen LogP contribution in [-0.2, 0) is 14.6 Å². The number of sulfone groups is 1. The van der Waals surface area contributed by atoms with E-state index >= 15 is 0 Å². The van der Waals surface area contributed by atoms with Crippen molar-refractivity contribution in [3.63, 3.8) is 0 Å². The fourth-order valence-electron chi connectivity index (χ4n) is 2.59. The molecule has 0 bridgehead atoms. The SMILES string of the molecule is Cc1csc(C2CN(c3ccccc3S(=O)(=O)C(F)F)CCO2)n1. The first-order chi connectivity index (χ1) is 11.4. The smallest absolute Gasteiger partial charge is 0.341 e. The Bertz CT molecular complexity index is 824. The van der Waals surface area contributed by atoms with Gasteiger partial charge in [0.2, 0.25) is 9.84 Å². The van der Waals surface area contributed by atoms with E-state index in [-0.39, 0.29) is 16.7 Å². The van der Waals surface area contributed by atoms with Crippen LogP contribution in [0, 0.1) is 6.92 Å².